The van der Waals surface area contributed by atoms with Crippen LogP contribution in [-0.2, 0) is 0 Å². The van der Waals surface area contributed by atoms with Crippen LogP contribution in [0.2, 0.25) is 10.0 Å². The first-order chi connectivity index (χ1) is 12.9. The molecule has 0 fully saturated rings. The molecule has 0 saturated carbocycles. The third kappa shape index (κ3) is 3.84. The molecule has 0 aliphatic heterocycles. The van der Waals surface area contributed by atoms with E-state index in [9.17, 15) is 20.2 Å². The Bertz CT molecular complexity index is 930. The van der Waals surface area contributed by atoms with Crippen molar-refractivity contribution >= 4 is 51.6 Å². The monoisotopic (exact) mass is 403 g/mol. The molecule has 9 heteroatoms. The van der Waals surface area contributed by atoms with Gasteiger partial charge in [0.2, 0.25) is 0 Å². The summed E-state index contributed by atoms with van der Waals surface area (Å²) in [6, 6.07) is 16.7. The van der Waals surface area contributed by atoms with Gasteiger partial charge in [0.25, 0.3) is 11.4 Å². The Labute approximate surface area is 163 Å². The van der Waals surface area contributed by atoms with Crippen molar-refractivity contribution in [3.05, 3.63) is 97.0 Å². The third-order valence-corrected chi connectivity index (χ3v) is 4.41. The molecule has 3 rings (SSSR count). The fourth-order valence-electron chi connectivity index (χ4n) is 2.56. The average Bonchev–Trinajstić information content (AvgIpc) is 2.65. The molecule has 0 amide bonds. The molecule has 0 bridgehead atoms. The van der Waals surface area contributed by atoms with Crippen LogP contribution in [0.3, 0.4) is 0 Å². The SMILES string of the molecule is O=[N+]([O-])c1ccc(N(c2ccc([N+](=O)[O-])cc2)c2c(Cl)cccc2Cl)cc1. The summed E-state index contributed by atoms with van der Waals surface area (Å²) in [7, 11) is 0. The summed E-state index contributed by atoms with van der Waals surface area (Å²) in [5.41, 5.74) is 1.46. The first-order valence-electron chi connectivity index (χ1n) is 7.61. The Morgan fingerprint density at radius 2 is 1.04 bits per heavy atom. The van der Waals surface area contributed by atoms with Gasteiger partial charge in [-0.15, -0.1) is 0 Å². The number of halogens is 2. The first-order valence-corrected chi connectivity index (χ1v) is 8.37. The normalized spacial score (nSPS) is 10.4. The number of hydrogen-bond donors (Lipinski definition) is 0. The molecule has 0 atom stereocenters. The van der Waals surface area contributed by atoms with Crippen LogP contribution >= 0.6 is 23.2 Å². The summed E-state index contributed by atoms with van der Waals surface area (Å²) in [6.07, 6.45) is 0. The van der Waals surface area contributed by atoms with E-state index in [1.165, 1.54) is 24.3 Å². The Hall–Kier alpha value is -3.16. The van der Waals surface area contributed by atoms with Gasteiger partial charge in [-0.05, 0) is 36.4 Å². The zero-order valence-electron chi connectivity index (χ0n) is 13.6. The largest absolute Gasteiger partial charge is 0.308 e. The highest BCUT2D eigenvalue weighted by Crippen LogP contribution is 2.43. The summed E-state index contributed by atoms with van der Waals surface area (Å²) >= 11 is 12.7. The van der Waals surface area contributed by atoms with E-state index in [0.717, 1.165) is 0 Å². The number of rotatable bonds is 5. The highest BCUT2D eigenvalue weighted by atomic mass is 35.5. The van der Waals surface area contributed by atoms with E-state index in [4.69, 9.17) is 23.2 Å². The van der Waals surface area contributed by atoms with Crippen molar-refractivity contribution in [3.63, 3.8) is 0 Å². The minimum Gasteiger partial charge on any atom is -0.308 e. The number of para-hydroxylation sites is 1. The zero-order chi connectivity index (χ0) is 19.6. The smallest absolute Gasteiger partial charge is 0.269 e. The van der Waals surface area contributed by atoms with Crippen molar-refractivity contribution in [3.8, 4) is 0 Å². The molecule has 0 radical (unpaired) electrons. The van der Waals surface area contributed by atoms with Crippen LogP contribution in [0.15, 0.2) is 66.7 Å². The number of hydrogen-bond acceptors (Lipinski definition) is 5. The summed E-state index contributed by atoms with van der Waals surface area (Å²) < 4.78 is 0. The average molecular weight is 404 g/mol. The molecule has 0 aromatic heterocycles. The Kier molecular flexibility index (Phi) is 5.25. The highest BCUT2D eigenvalue weighted by Gasteiger charge is 2.20. The minimum atomic E-state index is -0.498. The van der Waals surface area contributed by atoms with Crippen LogP contribution in [0.25, 0.3) is 0 Å². The number of anilines is 3. The number of nitro benzene ring substituents is 2. The maximum Gasteiger partial charge on any atom is 0.269 e. The van der Waals surface area contributed by atoms with Crippen LogP contribution in [-0.4, -0.2) is 9.85 Å². The van der Waals surface area contributed by atoms with Crippen LogP contribution in [0.5, 0.6) is 0 Å². The first kappa shape index (κ1) is 18.6. The lowest BCUT2D eigenvalue weighted by molar-refractivity contribution is -0.385. The summed E-state index contributed by atoms with van der Waals surface area (Å²) in [6.45, 7) is 0. The van der Waals surface area contributed by atoms with Crippen molar-refractivity contribution in [1.82, 2.24) is 0 Å². The lowest BCUT2D eigenvalue weighted by Crippen LogP contribution is -2.11. The summed E-state index contributed by atoms with van der Waals surface area (Å²) in [5.74, 6) is 0. The minimum absolute atomic E-state index is 0.0624. The van der Waals surface area contributed by atoms with Gasteiger partial charge < -0.3 is 4.90 Å². The zero-order valence-corrected chi connectivity index (χ0v) is 15.1. The summed E-state index contributed by atoms with van der Waals surface area (Å²) in [5, 5.41) is 22.6. The molecular formula is C18H11Cl2N3O4. The van der Waals surface area contributed by atoms with E-state index >= 15 is 0 Å². The van der Waals surface area contributed by atoms with Gasteiger partial charge in [0, 0.05) is 35.6 Å². The highest BCUT2D eigenvalue weighted by molar-refractivity contribution is 6.39. The second kappa shape index (κ2) is 7.61. The van der Waals surface area contributed by atoms with Crippen LogP contribution in [0.1, 0.15) is 0 Å². The van der Waals surface area contributed by atoms with E-state index in [1.54, 1.807) is 47.4 Å². The molecule has 0 saturated heterocycles. The van der Waals surface area contributed by atoms with Crippen LogP contribution in [0, 0.1) is 20.2 Å². The Balaban J connectivity index is 2.17. The van der Waals surface area contributed by atoms with E-state index in [1.807, 2.05) is 0 Å². The molecular weight excluding hydrogens is 393 g/mol. The molecule has 27 heavy (non-hydrogen) atoms. The van der Waals surface area contributed by atoms with Gasteiger partial charge in [0.05, 0.1) is 25.6 Å². The second-order valence-corrected chi connectivity index (χ2v) is 6.27. The second-order valence-electron chi connectivity index (χ2n) is 5.45. The van der Waals surface area contributed by atoms with Crippen molar-refractivity contribution in [2.45, 2.75) is 0 Å². The van der Waals surface area contributed by atoms with Gasteiger partial charge >= 0.3 is 0 Å². The molecule has 0 aliphatic carbocycles. The van der Waals surface area contributed by atoms with Crippen molar-refractivity contribution in [2.24, 2.45) is 0 Å². The fraction of sp³-hybridized carbons (Fsp3) is 0. The number of nitrogens with zero attached hydrogens (tertiary/aromatic N) is 3. The van der Waals surface area contributed by atoms with Crippen molar-refractivity contribution < 1.29 is 9.85 Å². The Morgan fingerprint density at radius 1 is 0.667 bits per heavy atom. The number of nitro groups is 2. The lowest BCUT2D eigenvalue weighted by Gasteiger charge is -2.27. The van der Waals surface area contributed by atoms with Crippen LogP contribution < -0.4 is 4.90 Å². The standard InChI is InChI=1S/C18H11Cl2N3O4/c19-16-2-1-3-17(20)18(16)21(12-4-8-14(9-5-12)22(24)25)13-6-10-15(11-7-13)23(26)27/h1-11H. The molecule has 0 N–H and O–H groups in total. The fourth-order valence-corrected chi connectivity index (χ4v) is 3.12. The molecule has 0 aliphatic rings. The predicted molar refractivity (Wildman–Crippen MR) is 104 cm³/mol. The van der Waals surface area contributed by atoms with Gasteiger partial charge in [0.15, 0.2) is 0 Å². The van der Waals surface area contributed by atoms with Crippen molar-refractivity contribution in [1.29, 1.82) is 0 Å². The van der Waals surface area contributed by atoms with Gasteiger partial charge in [-0.25, -0.2) is 0 Å². The topological polar surface area (TPSA) is 89.5 Å². The lowest BCUT2D eigenvalue weighted by atomic mass is 10.1. The maximum atomic E-state index is 10.9. The molecule has 0 spiro atoms. The Morgan fingerprint density at radius 3 is 1.37 bits per heavy atom. The van der Waals surface area contributed by atoms with Gasteiger partial charge in [-0.2, -0.15) is 0 Å². The molecule has 3 aromatic rings. The molecule has 0 unspecified atom stereocenters. The van der Waals surface area contributed by atoms with E-state index in [-0.39, 0.29) is 11.4 Å². The van der Waals surface area contributed by atoms with Crippen molar-refractivity contribution in [2.75, 3.05) is 4.90 Å². The molecule has 136 valence electrons. The third-order valence-electron chi connectivity index (χ3n) is 3.80. The molecule has 3 aromatic carbocycles. The summed E-state index contributed by atoms with van der Waals surface area (Å²) in [4.78, 5) is 22.5. The van der Waals surface area contributed by atoms with E-state index in [2.05, 4.69) is 0 Å². The van der Waals surface area contributed by atoms with Gasteiger partial charge in [0.1, 0.15) is 0 Å². The number of non-ortho nitro benzene ring substituents is 2. The maximum absolute atomic E-state index is 10.9. The molecule has 7 nitrogen and oxygen atoms in total. The van der Waals surface area contributed by atoms with E-state index < -0.39 is 9.85 Å². The van der Waals surface area contributed by atoms with Crippen LogP contribution in [0.4, 0.5) is 28.4 Å². The van der Waals surface area contributed by atoms with E-state index in [0.29, 0.717) is 27.1 Å². The number of benzene rings is 3. The quantitative estimate of drug-likeness (QED) is 0.369. The van der Waals surface area contributed by atoms with Gasteiger partial charge in [-0.3, -0.25) is 20.2 Å². The van der Waals surface area contributed by atoms with Gasteiger partial charge in [-0.1, -0.05) is 29.3 Å². The molecule has 0 heterocycles. The predicted octanol–water partition coefficient (Wildman–Crippen LogP) is 6.28.